The van der Waals surface area contributed by atoms with Gasteiger partial charge in [-0.15, -0.1) is 0 Å². The molecule has 2 N–H and O–H groups in total. The Morgan fingerprint density at radius 1 is 1.45 bits per heavy atom. The molecule has 0 saturated heterocycles. The molecule has 110 valence electrons. The van der Waals surface area contributed by atoms with E-state index < -0.39 is 0 Å². The normalized spacial score (nSPS) is 15.7. The fourth-order valence-electron chi connectivity index (χ4n) is 2.34. The highest BCUT2D eigenvalue weighted by Gasteiger charge is 2.26. The second-order valence-electron chi connectivity index (χ2n) is 5.61. The highest BCUT2D eigenvalue weighted by molar-refractivity contribution is 5.99. The lowest BCUT2D eigenvalue weighted by Gasteiger charge is -2.18. The van der Waals surface area contributed by atoms with Crippen molar-refractivity contribution in [2.24, 2.45) is 5.92 Å². The zero-order valence-electron chi connectivity index (χ0n) is 12.5. The molecule has 20 heavy (non-hydrogen) atoms. The first-order valence-electron chi connectivity index (χ1n) is 7.73. The molecule has 0 radical (unpaired) electrons. The quantitative estimate of drug-likeness (QED) is 0.766. The van der Waals surface area contributed by atoms with Crippen LogP contribution >= 0.6 is 0 Å². The molecule has 1 heterocycles. The summed E-state index contributed by atoms with van der Waals surface area (Å²) in [5.74, 6) is 0.816. The summed E-state index contributed by atoms with van der Waals surface area (Å²) in [6.45, 7) is 5.10. The molecular formula is C16H25N3O. The first-order chi connectivity index (χ1) is 9.74. The number of rotatable bonds is 8. The summed E-state index contributed by atoms with van der Waals surface area (Å²) >= 11 is 0. The number of aromatic nitrogens is 1. The maximum Gasteiger partial charge on any atom is 0.255 e. The Labute approximate surface area is 121 Å². The number of carbonyl (C=O) groups is 1. The molecular weight excluding hydrogens is 250 g/mol. The van der Waals surface area contributed by atoms with Crippen LogP contribution in [0.25, 0.3) is 0 Å². The van der Waals surface area contributed by atoms with Gasteiger partial charge >= 0.3 is 0 Å². The Balaban J connectivity index is 1.99. The van der Waals surface area contributed by atoms with E-state index in [1.54, 1.807) is 12.4 Å². The summed E-state index contributed by atoms with van der Waals surface area (Å²) in [7, 11) is 0. The SMILES string of the molecule is CCCNc1ccncc1C(=O)NC(CC)CC1CC1. The van der Waals surface area contributed by atoms with E-state index in [1.807, 2.05) is 6.07 Å². The molecule has 0 aliphatic heterocycles. The molecule has 2 rings (SSSR count). The maximum atomic E-state index is 12.4. The van der Waals surface area contributed by atoms with Crippen molar-refractivity contribution in [2.75, 3.05) is 11.9 Å². The number of hydrogen-bond donors (Lipinski definition) is 2. The van der Waals surface area contributed by atoms with Crippen molar-refractivity contribution in [2.45, 2.75) is 52.0 Å². The maximum absolute atomic E-state index is 12.4. The van der Waals surface area contributed by atoms with E-state index in [-0.39, 0.29) is 11.9 Å². The van der Waals surface area contributed by atoms with Crippen molar-refractivity contribution in [3.63, 3.8) is 0 Å². The molecule has 1 fully saturated rings. The molecule has 1 aromatic rings. The number of hydrogen-bond acceptors (Lipinski definition) is 3. The van der Waals surface area contributed by atoms with Crippen LogP contribution in [0.2, 0.25) is 0 Å². The van der Waals surface area contributed by atoms with Gasteiger partial charge in [0.1, 0.15) is 0 Å². The van der Waals surface area contributed by atoms with Crippen molar-refractivity contribution in [1.82, 2.24) is 10.3 Å². The van der Waals surface area contributed by atoms with E-state index >= 15 is 0 Å². The third kappa shape index (κ3) is 4.22. The predicted molar refractivity (Wildman–Crippen MR) is 81.9 cm³/mol. The van der Waals surface area contributed by atoms with Crippen molar-refractivity contribution in [1.29, 1.82) is 0 Å². The molecule has 1 unspecified atom stereocenters. The Kier molecular flexibility index (Phi) is 5.39. The van der Waals surface area contributed by atoms with E-state index in [2.05, 4.69) is 29.5 Å². The van der Waals surface area contributed by atoms with E-state index in [4.69, 9.17) is 0 Å². The monoisotopic (exact) mass is 275 g/mol. The lowest BCUT2D eigenvalue weighted by molar-refractivity contribution is 0.0933. The largest absolute Gasteiger partial charge is 0.384 e. The molecule has 1 aliphatic rings. The fraction of sp³-hybridized carbons (Fsp3) is 0.625. The van der Waals surface area contributed by atoms with E-state index in [0.717, 1.165) is 37.4 Å². The average molecular weight is 275 g/mol. The second-order valence-corrected chi connectivity index (χ2v) is 5.61. The number of nitrogens with zero attached hydrogens (tertiary/aromatic N) is 1. The van der Waals surface area contributed by atoms with Crippen LogP contribution in [0.4, 0.5) is 5.69 Å². The van der Waals surface area contributed by atoms with Crippen molar-refractivity contribution in [3.8, 4) is 0 Å². The second kappa shape index (κ2) is 7.27. The molecule has 1 aromatic heterocycles. The van der Waals surface area contributed by atoms with Gasteiger partial charge in [-0.05, 0) is 31.2 Å². The van der Waals surface area contributed by atoms with Crippen LogP contribution in [-0.4, -0.2) is 23.5 Å². The van der Waals surface area contributed by atoms with Gasteiger partial charge in [0.25, 0.3) is 5.91 Å². The number of nitrogens with one attached hydrogen (secondary N) is 2. The third-order valence-corrected chi connectivity index (χ3v) is 3.77. The van der Waals surface area contributed by atoms with Gasteiger partial charge in [-0.25, -0.2) is 0 Å². The summed E-state index contributed by atoms with van der Waals surface area (Å²) in [5.41, 5.74) is 1.52. The minimum atomic E-state index is -0.01000. The van der Waals surface area contributed by atoms with Crippen LogP contribution in [-0.2, 0) is 0 Å². The van der Waals surface area contributed by atoms with Gasteiger partial charge in [-0.1, -0.05) is 26.7 Å². The minimum absolute atomic E-state index is 0.01000. The molecule has 0 aromatic carbocycles. The molecule has 1 atom stereocenters. The molecule has 1 amide bonds. The molecule has 1 saturated carbocycles. The summed E-state index contributed by atoms with van der Waals surface area (Å²) in [4.78, 5) is 16.5. The molecule has 0 spiro atoms. The fourth-order valence-corrected chi connectivity index (χ4v) is 2.34. The van der Waals surface area contributed by atoms with Crippen molar-refractivity contribution >= 4 is 11.6 Å². The first kappa shape index (κ1) is 14.8. The standard InChI is InChI=1S/C16H25N3O/c1-3-8-18-15-7-9-17-11-14(15)16(20)19-13(4-2)10-12-5-6-12/h7,9,11-13H,3-6,8,10H2,1-2H3,(H,17,18)(H,19,20). The van der Waals surface area contributed by atoms with Crippen molar-refractivity contribution in [3.05, 3.63) is 24.0 Å². The van der Waals surface area contributed by atoms with Crippen LogP contribution in [0, 0.1) is 5.92 Å². The van der Waals surface area contributed by atoms with Crippen LogP contribution < -0.4 is 10.6 Å². The zero-order chi connectivity index (χ0) is 14.4. The molecule has 1 aliphatic carbocycles. The predicted octanol–water partition coefficient (Wildman–Crippen LogP) is 3.21. The molecule has 0 bridgehead atoms. The average Bonchev–Trinajstić information content (AvgIpc) is 3.28. The highest BCUT2D eigenvalue weighted by Crippen LogP contribution is 2.34. The first-order valence-corrected chi connectivity index (χ1v) is 7.73. The number of carbonyl (C=O) groups excluding carboxylic acids is 1. The van der Waals surface area contributed by atoms with Crippen LogP contribution in [0.15, 0.2) is 18.5 Å². The van der Waals surface area contributed by atoms with Crippen LogP contribution in [0.1, 0.15) is 56.3 Å². The lowest BCUT2D eigenvalue weighted by Crippen LogP contribution is -2.35. The number of amides is 1. The topological polar surface area (TPSA) is 54.0 Å². The van der Waals surface area contributed by atoms with Gasteiger partial charge in [0.2, 0.25) is 0 Å². The molecule has 4 heteroatoms. The van der Waals surface area contributed by atoms with Crippen LogP contribution in [0.5, 0.6) is 0 Å². The Morgan fingerprint density at radius 2 is 2.25 bits per heavy atom. The highest BCUT2D eigenvalue weighted by atomic mass is 16.1. The number of pyridine rings is 1. The summed E-state index contributed by atoms with van der Waals surface area (Å²) in [6.07, 6.45) is 9.14. The van der Waals surface area contributed by atoms with Gasteiger partial charge in [0.15, 0.2) is 0 Å². The van der Waals surface area contributed by atoms with Gasteiger partial charge in [-0.2, -0.15) is 0 Å². The summed E-state index contributed by atoms with van der Waals surface area (Å²) < 4.78 is 0. The lowest BCUT2D eigenvalue weighted by atomic mass is 10.1. The van der Waals surface area contributed by atoms with Crippen molar-refractivity contribution < 1.29 is 4.79 Å². The van der Waals surface area contributed by atoms with Gasteiger partial charge in [-0.3, -0.25) is 9.78 Å². The number of anilines is 1. The minimum Gasteiger partial charge on any atom is -0.384 e. The smallest absolute Gasteiger partial charge is 0.255 e. The van der Waals surface area contributed by atoms with Crippen LogP contribution in [0.3, 0.4) is 0 Å². The van der Waals surface area contributed by atoms with Gasteiger partial charge in [0.05, 0.1) is 11.3 Å². The Hall–Kier alpha value is -1.58. The summed E-state index contributed by atoms with van der Waals surface area (Å²) in [5, 5.41) is 6.44. The Morgan fingerprint density at radius 3 is 2.90 bits per heavy atom. The van der Waals surface area contributed by atoms with E-state index in [0.29, 0.717) is 5.56 Å². The van der Waals surface area contributed by atoms with E-state index in [1.165, 1.54) is 12.8 Å². The zero-order valence-corrected chi connectivity index (χ0v) is 12.5. The Bertz CT molecular complexity index is 443. The third-order valence-electron chi connectivity index (χ3n) is 3.77. The summed E-state index contributed by atoms with van der Waals surface area (Å²) in [6, 6.07) is 2.15. The van der Waals surface area contributed by atoms with E-state index in [9.17, 15) is 4.79 Å². The van der Waals surface area contributed by atoms with Gasteiger partial charge in [0, 0.05) is 25.0 Å². The molecule has 4 nitrogen and oxygen atoms in total. The van der Waals surface area contributed by atoms with Gasteiger partial charge < -0.3 is 10.6 Å².